The fraction of sp³-hybridized carbons (Fsp3) is 0.478. The summed E-state index contributed by atoms with van der Waals surface area (Å²) in [5, 5.41) is 0. The molecule has 0 spiro atoms. The largest absolute Gasteiger partial charge is 0.360 e. The zero-order chi connectivity index (χ0) is 18.3. The average Bonchev–Trinajstić information content (AvgIpc) is 3.06. The molecule has 0 radical (unpaired) electrons. The smallest absolute Gasteiger partial charge is 0.238 e. The number of anilines is 1. The Balaban J connectivity index is 1.43. The van der Waals surface area contributed by atoms with Crippen LogP contribution in [0.1, 0.15) is 20.3 Å². The van der Waals surface area contributed by atoms with Gasteiger partial charge in [-0.2, -0.15) is 0 Å². The van der Waals surface area contributed by atoms with Crippen molar-refractivity contribution in [1.29, 1.82) is 0 Å². The molecule has 27 heavy (non-hydrogen) atoms. The van der Waals surface area contributed by atoms with Gasteiger partial charge in [0.15, 0.2) is 0 Å². The summed E-state index contributed by atoms with van der Waals surface area (Å²) in [5.74, 6) is 0.403. The van der Waals surface area contributed by atoms with Gasteiger partial charge in [0, 0.05) is 23.7 Å². The van der Waals surface area contributed by atoms with Crippen LogP contribution in [-0.4, -0.2) is 23.0 Å². The van der Waals surface area contributed by atoms with Crippen LogP contribution in [0.25, 0.3) is 0 Å². The third-order valence-electron chi connectivity index (χ3n) is 8.39. The lowest BCUT2D eigenvalue weighted by atomic mass is 9.65. The predicted molar refractivity (Wildman–Crippen MR) is 98.6 cm³/mol. The Morgan fingerprint density at radius 3 is 2.04 bits per heavy atom. The summed E-state index contributed by atoms with van der Waals surface area (Å²) in [6.45, 7) is 4.28. The minimum atomic E-state index is -0.254. The van der Waals surface area contributed by atoms with Crippen LogP contribution >= 0.6 is 0 Å². The first-order chi connectivity index (χ1) is 13.0. The van der Waals surface area contributed by atoms with Gasteiger partial charge >= 0.3 is 0 Å². The highest BCUT2D eigenvalue weighted by atomic mass is 16.6. The summed E-state index contributed by atoms with van der Waals surface area (Å²) in [5.41, 5.74) is 2.92. The minimum Gasteiger partial charge on any atom is -0.360 e. The number of fused-ring (bicyclic) bond motifs is 7. The van der Waals surface area contributed by atoms with Gasteiger partial charge < -0.3 is 4.74 Å². The molecule has 4 heteroatoms. The van der Waals surface area contributed by atoms with Crippen molar-refractivity contribution in [2.75, 3.05) is 4.90 Å². The molecular formula is C23H21NO3. The van der Waals surface area contributed by atoms with E-state index in [2.05, 4.69) is 26.0 Å². The van der Waals surface area contributed by atoms with Gasteiger partial charge in [0.2, 0.25) is 11.8 Å². The molecule has 7 rings (SSSR count). The molecule has 2 aliphatic heterocycles. The van der Waals surface area contributed by atoms with E-state index in [9.17, 15) is 9.59 Å². The molecule has 5 fully saturated rings. The van der Waals surface area contributed by atoms with E-state index in [1.54, 1.807) is 0 Å². The van der Waals surface area contributed by atoms with Gasteiger partial charge in [0.1, 0.15) is 11.2 Å². The topological polar surface area (TPSA) is 49.9 Å². The van der Waals surface area contributed by atoms with E-state index in [4.69, 9.17) is 4.74 Å². The fourth-order valence-electron chi connectivity index (χ4n) is 7.84. The van der Waals surface area contributed by atoms with E-state index in [1.807, 2.05) is 30.3 Å². The molecule has 2 heterocycles. The summed E-state index contributed by atoms with van der Waals surface area (Å²) in [6.07, 6.45) is 5.75. The molecule has 136 valence electrons. The average molecular weight is 359 g/mol. The van der Waals surface area contributed by atoms with E-state index < -0.39 is 0 Å². The lowest BCUT2D eigenvalue weighted by Crippen LogP contribution is -2.45. The number of benzene rings is 1. The second kappa shape index (κ2) is 4.12. The maximum absolute atomic E-state index is 13.5. The molecule has 4 bridgehead atoms. The molecular weight excluding hydrogens is 338 g/mol. The molecule has 2 saturated heterocycles. The van der Waals surface area contributed by atoms with Crippen LogP contribution in [0.5, 0.6) is 0 Å². The molecule has 0 aromatic heterocycles. The Morgan fingerprint density at radius 2 is 1.52 bits per heavy atom. The number of imide groups is 1. The first kappa shape index (κ1) is 14.8. The first-order valence-corrected chi connectivity index (χ1v) is 10.0. The number of ether oxygens (including phenoxy) is 1. The number of epoxide rings is 1. The summed E-state index contributed by atoms with van der Waals surface area (Å²) in [6, 6.07) is 9.41. The van der Waals surface area contributed by atoms with Crippen LogP contribution in [0.15, 0.2) is 53.6 Å². The van der Waals surface area contributed by atoms with Crippen LogP contribution in [0.3, 0.4) is 0 Å². The summed E-state index contributed by atoms with van der Waals surface area (Å²) < 4.78 is 6.57. The Hall–Kier alpha value is -2.20. The molecule has 3 saturated carbocycles. The highest BCUT2D eigenvalue weighted by Crippen LogP contribution is 2.87. The van der Waals surface area contributed by atoms with E-state index in [0.717, 1.165) is 6.42 Å². The Bertz CT molecular complexity index is 954. The summed E-state index contributed by atoms with van der Waals surface area (Å²) in [4.78, 5) is 28.5. The number of allylic oxidation sites excluding steroid dienone is 1. The second-order valence-electron chi connectivity index (χ2n) is 9.33. The van der Waals surface area contributed by atoms with Crippen molar-refractivity contribution in [3.05, 3.63) is 53.6 Å². The SMILES string of the molecule is CC(C)=C1[C@@H]2[C@@H]3C(=O)N(c4ccccc4)C(=O)[C@@H]3[C@H]1[C@]13O[C@]21[C@@H]1C=C[C@H]3C1. The van der Waals surface area contributed by atoms with Crippen molar-refractivity contribution in [2.45, 2.75) is 31.5 Å². The van der Waals surface area contributed by atoms with Crippen LogP contribution < -0.4 is 4.90 Å². The number of nitrogens with zero attached hydrogens (tertiary/aromatic N) is 1. The maximum Gasteiger partial charge on any atom is 0.238 e. The van der Waals surface area contributed by atoms with Crippen molar-refractivity contribution in [2.24, 2.45) is 35.5 Å². The third-order valence-corrected chi connectivity index (χ3v) is 8.39. The van der Waals surface area contributed by atoms with E-state index in [1.165, 1.54) is 16.0 Å². The van der Waals surface area contributed by atoms with E-state index in [-0.39, 0.29) is 46.7 Å². The van der Waals surface area contributed by atoms with Crippen molar-refractivity contribution < 1.29 is 14.3 Å². The normalized spacial score (nSPS) is 49.7. The monoisotopic (exact) mass is 359 g/mol. The molecule has 0 N–H and O–H groups in total. The number of rotatable bonds is 1. The summed E-state index contributed by atoms with van der Waals surface area (Å²) in [7, 11) is 0. The van der Waals surface area contributed by atoms with Gasteiger partial charge in [0.05, 0.1) is 17.5 Å². The van der Waals surface area contributed by atoms with Gasteiger partial charge in [-0.25, -0.2) is 0 Å². The first-order valence-electron chi connectivity index (χ1n) is 10.0. The van der Waals surface area contributed by atoms with Gasteiger partial charge in [-0.05, 0) is 32.4 Å². The Kier molecular flexibility index (Phi) is 2.26. The molecule has 4 aliphatic carbocycles. The van der Waals surface area contributed by atoms with Crippen molar-refractivity contribution in [3.63, 3.8) is 0 Å². The highest BCUT2D eigenvalue weighted by Gasteiger charge is 2.96. The Labute approximate surface area is 157 Å². The molecule has 0 unspecified atom stereocenters. The van der Waals surface area contributed by atoms with Crippen molar-refractivity contribution in [1.82, 2.24) is 0 Å². The lowest BCUT2D eigenvalue weighted by molar-refractivity contribution is -0.123. The van der Waals surface area contributed by atoms with E-state index >= 15 is 0 Å². The van der Waals surface area contributed by atoms with Gasteiger partial charge in [-0.3, -0.25) is 14.5 Å². The van der Waals surface area contributed by atoms with Crippen LogP contribution in [-0.2, 0) is 14.3 Å². The maximum atomic E-state index is 13.5. The molecule has 1 aromatic carbocycles. The third kappa shape index (κ3) is 1.23. The second-order valence-corrected chi connectivity index (χ2v) is 9.33. The van der Waals surface area contributed by atoms with Gasteiger partial charge in [-0.15, -0.1) is 0 Å². The van der Waals surface area contributed by atoms with Gasteiger partial charge in [-0.1, -0.05) is 41.5 Å². The van der Waals surface area contributed by atoms with E-state index in [0.29, 0.717) is 17.5 Å². The number of para-hydroxylation sites is 1. The fourth-order valence-corrected chi connectivity index (χ4v) is 7.84. The number of hydrogen-bond donors (Lipinski definition) is 0. The minimum absolute atomic E-state index is 0.0207. The van der Waals surface area contributed by atoms with Gasteiger partial charge in [0.25, 0.3) is 0 Å². The number of amides is 2. The Morgan fingerprint density at radius 1 is 0.963 bits per heavy atom. The zero-order valence-electron chi connectivity index (χ0n) is 15.4. The molecule has 4 nitrogen and oxygen atoms in total. The van der Waals surface area contributed by atoms with Crippen molar-refractivity contribution >= 4 is 17.5 Å². The standard InChI is InChI=1S/C23H21NO3/c1-11(2)15-18-16-17(21(26)24(20(16)25)14-6-4-3-5-7-14)19(15)23-13-9-8-12(10-13)22(18,23)27-23/h3-9,12-13,16-19H,10H2,1-2H3/t12-,13+,16-,17+,18-,19+,22-,23+. The highest BCUT2D eigenvalue weighted by molar-refractivity contribution is 6.23. The van der Waals surface area contributed by atoms with Crippen molar-refractivity contribution in [3.8, 4) is 0 Å². The van der Waals surface area contributed by atoms with Crippen LogP contribution in [0, 0.1) is 35.5 Å². The molecule has 2 amide bonds. The number of carbonyl (C=O) groups is 2. The predicted octanol–water partition coefficient (Wildman–Crippen LogP) is 3.10. The molecule has 8 atom stereocenters. The zero-order valence-corrected chi connectivity index (χ0v) is 15.4. The molecule has 6 aliphatic rings. The van der Waals surface area contributed by atoms with Crippen LogP contribution in [0.2, 0.25) is 0 Å². The number of carbonyl (C=O) groups excluding carboxylic acids is 2. The summed E-state index contributed by atoms with van der Waals surface area (Å²) >= 11 is 0. The van der Waals surface area contributed by atoms with Crippen LogP contribution in [0.4, 0.5) is 5.69 Å². The number of hydrogen-bond acceptors (Lipinski definition) is 3. The molecule has 1 aromatic rings. The lowest BCUT2D eigenvalue weighted by Gasteiger charge is -2.30. The quantitative estimate of drug-likeness (QED) is 0.440.